The second kappa shape index (κ2) is 23.3. The minimum absolute atomic E-state index is 0.278. The molecule has 0 rings (SSSR count). The van der Waals surface area contributed by atoms with Crippen LogP contribution in [-0.2, 0) is 14.3 Å². The molecule has 0 saturated heterocycles. The topological polar surface area (TPSA) is 139 Å². The molecule has 1 amide bonds. The van der Waals surface area contributed by atoms with E-state index in [-0.39, 0.29) is 12.5 Å². The van der Waals surface area contributed by atoms with Crippen LogP contribution in [0.1, 0.15) is 124 Å². The zero-order chi connectivity index (χ0) is 25.4. The van der Waals surface area contributed by atoms with Crippen LogP contribution in [0.25, 0.3) is 0 Å². The SMILES string of the molecule is CC(C)(C)OC(=O)NCCCCCCCCCC(=O)O.NCCCCCCCCCC(=O)O. The number of carboxylic acid groups (broad SMARTS) is 2. The number of carbonyl (C=O) groups excluding carboxylic acids is 1. The summed E-state index contributed by atoms with van der Waals surface area (Å²) in [5.41, 5.74) is 4.91. The molecule has 5 N–H and O–H groups in total. The van der Waals surface area contributed by atoms with Gasteiger partial charge in [0.2, 0.25) is 0 Å². The summed E-state index contributed by atoms with van der Waals surface area (Å²) < 4.78 is 5.13. The number of hydrogen-bond donors (Lipinski definition) is 4. The molecule has 8 nitrogen and oxygen atoms in total. The lowest BCUT2D eigenvalue weighted by molar-refractivity contribution is -0.138. The number of carboxylic acids is 2. The molecule has 0 atom stereocenters. The van der Waals surface area contributed by atoms with Gasteiger partial charge in [0.15, 0.2) is 0 Å². The molecule has 0 spiro atoms. The Balaban J connectivity index is 0. The second-order valence-corrected chi connectivity index (χ2v) is 9.45. The van der Waals surface area contributed by atoms with E-state index >= 15 is 0 Å². The molecular weight excluding hydrogens is 424 g/mol. The first kappa shape index (κ1) is 33.3. The van der Waals surface area contributed by atoms with E-state index in [4.69, 9.17) is 20.7 Å². The number of carbonyl (C=O) groups is 3. The summed E-state index contributed by atoms with van der Waals surface area (Å²) in [4.78, 5) is 31.8. The van der Waals surface area contributed by atoms with E-state index in [1.807, 2.05) is 20.8 Å². The van der Waals surface area contributed by atoms with E-state index in [1.54, 1.807) is 0 Å². The predicted molar refractivity (Wildman–Crippen MR) is 132 cm³/mol. The van der Waals surface area contributed by atoms with Crippen molar-refractivity contribution in [2.45, 2.75) is 129 Å². The zero-order valence-electron chi connectivity index (χ0n) is 21.3. The van der Waals surface area contributed by atoms with Gasteiger partial charge in [-0.25, -0.2) is 4.79 Å². The monoisotopic (exact) mass is 474 g/mol. The van der Waals surface area contributed by atoms with Gasteiger partial charge in [0, 0.05) is 19.4 Å². The fourth-order valence-electron chi connectivity index (χ4n) is 3.09. The number of aliphatic carboxylic acids is 2. The average Bonchev–Trinajstić information content (AvgIpc) is 2.70. The van der Waals surface area contributed by atoms with Crippen LogP contribution in [0.4, 0.5) is 4.79 Å². The van der Waals surface area contributed by atoms with E-state index in [0.717, 1.165) is 77.2 Å². The molecule has 8 heteroatoms. The molecule has 0 aromatic carbocycles. The lowest BCUT2D eigenvalue weighted by Crippen LogP contribution is -2.32. The fourth-order valence-corrected chi connectivity index (χ4v) is 3.09. The number of ether oxygens (including phenoxy) is 1. The maximum atomic E-state index is 11.3. The second-order valence-electron chi connectivity index (χ2n) is 9.45. The van der Waals surface area contributed by atoms with E-state index < -0.39 is 17.5 Å². The van der Waals surface area contributed by atoms with Gasteiger partial charge in [0.25, 0.3) is 0 Å². The van der Waals surface area contributed by atoms with Gasteiger partial charge in [0.1, 0.15) is 5.60 Å². The third-order valence-electron chi connectivity index (χ3n) is 4.83. The molecular formula is C25H50N2O6. The van der Waals surface area contributed by atoms with Crippen LogP contribution >= 0.6 is 0 Å². The maximum Gasteiger partial charge on any atom is 0.407 e. The highest BCUT2D eigenvalue weighted by Gasteiger charge is 2.15. The molecule has 0 heterocycles. The quantitative estimate of drug-likeness (QED) is 0.172. The summed E-state index contributed by atoms with van der Waals surface area (Å²) in [6, 6.07) is 0. The van der Waals surface area contributed by atoms with Gasteiger partial charge >= 0.3 is 18.0 Å². The van der Waals surface area contributed by atoms with Crippen molar-refractivity contribution in [1.82, 2.24) is 5.32 Å². The lowest BCUT2D eigenvalue weighted by Gasteiger charge is -2.19. The van der Waals surface area contributed by atoms with Crippen molar-refractivity contribution in [3.63, 3.8) is 0 Å². The Labute approximate surface area is 201 Å². The van der Waals surface area contributed by atoms with E-state index in [1.165, 1.54) is 19.3 Å². The number of alkyl carbamates (subject to hydrolysis) is 1. The Morgan fingerprint density at radius 1 is 0.667 bits per heavy atom. The number of amides is 1. The Kier molecular flexibility index (Phi) is 23.6. The van der Waals surface area contributed by atoms with Crippen molar-refractivity contribution in [2.75, 3.05) is 13.1 Å². The first-order valence-electron chi connectivity index (χ1n) is 12.7. The van der Waals surface area contributed by atoms with Crippen molar-refractivity contribution in [2.24, 2.45) is 5.73 Å². The van der Waals surface area contributed by atoms with Gasteiger partial charge in [-0.1, -0.05) is 64.2 Å². The summed E-state index contributed by atoms with van der Waals surface area (Å²) >= 11 is 0. The lowest BCUT2D eigenvalue weighted by atomic mass is 10.1. The smallest absolute Gasteiger partial charge is 0.407 e. The highest BCUT2D eigenvalue weighted by molar-refractivity contribution is 5.67. The van der Waals surface area contributed by atoms with Crippen molar-refractivity contribution >= 4 is 18.0 Å². The Morgan fingerprint density at radius 3 is 1.39 bits per heavy atom. The molecule has 0 aliphatic heterocycles. The molecule has 0 radical (unpaired) electrons. The highest BCUT2D eigenvalue weighted by Crippen LogP contribution is 2.09. The van der Waals surface area contributed by atoms with E-state index in [2.05, 4.69) is 5.32 Å². The molecule has 0 aromatic heterocycles. The van der Waals surface area contributed by atoms with Gasteiger partial charge in [-0.3, -0.25) is 9.59 Å². The minimum atomic E-state index is -0.710. The molecule has 33 heavy (non-hydrogen) atoms. The van der Waals surface area contributed by atoms with Crippen molar-refractivity contribution in [3.8, 4) is 0 Å². The Bertz CT molecular complexity index is 492. The third-order valence-corrected chi connectivity index (χ3v) is 4.83. The summed E-state index contributed by atoms with van der Waals surface area (Å²) in [6.45, 7) is 6.97. The fraction of sp³-hybridized carbons (Fsp3) is 0.880. The summed E-state index contributed by atoms with van der Waals surface area (Å²) in [5, 5.41) is 19.6. The number of hydrogen-bond acceptors (Lipinski definition) is 5. The van der Waals surface area contributed by atoms with Crippen LogP contribution in [0.5, 0.6) is 0 Å². The summed E-state index contributed by atoms with van der Waals surface area (Å²) in [7, 11) is 0. The van der Waals surface area contributed by atoms with Gasteiger partial charge in [-0.15, -0.1) is 0 Å². The van der Waals surface area contributed by atoms with E-state index in [9.17, 15) is 14.4 Å². The number of rotatable bonds is 19. The Morgan fingerprint density at radius 2 is 1.03 bits per heavy atom. The average molecular weight is 475 g/mol. The van der Waals surface area contributed by atoms with Crippen molar-refractivity contribution in [1.29, 1.82) is 0 Å². The van der Waals surface area contributed by atoms with Crippen LogP contribution in [-0.4, -0.2) is 46.9 Å². The maximum absolute atomic E-state index is 11.3. The molecule has 196 valence electrons. The van der Waals surface area contributed by atoms with Crippen LogP contribution in [0, 0.1) is 0 Å². The van der Waals surface area contributed by atoms with Gasteiger partial charge < -0.3 is 26.0 Å². The zero-order valence-corrected chi connectivity index (χ0v) is 21.3. The molecule has 0 aliphatic rings. The Hall–Kier alpha value is -1.83. The van der Waals surface area contributed by atoms with Crippen LogP contribution in [0.3, 0.4) is 0 Å². The highest BCUT2D eigenvalue weighted by atomic mass is 16.6. The van der Waals surface area contributed by atoms with Crippen LogP contribution in [0.2, 0.25) is 0 Å². The minimum Gasteiger partial charge on any atom is -0.481 e. The summed E-state index contributed by atoms with van der Waals surface area (Å²) in [6.07, 6.45) is 15.2. The van der Waals surface area contributed by atoms with Gasteiger partial charge in [-0.05, 0) is 53.0 Å². The third kappa shape index (κ3) is 35.0. The van der Waals surface area contributed by atoms with Gasteiger partial charge in [0.05, 0.1) is 0 Å². The molecule has 0 aliphatic carbocycles. The number of nitrogens with one attached hydrogen (secondary N) is 1. The molecule has 0 fully saturated rings. The van der Waals surface area contributed by atoms with Crippen molar-refractivity contribution in [3.05, 3.63) is 0 Å². The predicted octanol–water partition coefficient (Wildman–Crippen LogP) is 5.87. The number of unbranched alkanes of at least 4 members (excludes halogenated alkanes) is 12. The molecule has 0 bridgehead atoms. The first-order valence-corrected chi connectivity index (χ1v) is 12.7. The van der Waals surface area contributed by atoms with E-state index in [0.29, 0.717) is 13.0 Å². The van der Waals surface area contributed by atoms with Gasteiger partial charge in [-0.2, -0.15) is 0 Å². The molecule has 0 unspecified atom stereocenters. The largest absolute Gasteiger partial charge is 0.481 e. The van der Waals surface area contributed by atoms with Crippen molar-refractivity contribution < 1.29 is 29.3 Å². The van der Waals surface area contributed by atoms with Crippen LogP contribution < -0.4 is 11.1 Å². The summed E-state index contributed by atoms with van der Waals surface area (Å²) in [5.74, 6) is -1.39. The normalized spacial score (nSPS) is 10.8. The first-order chi connectivity index (χ1) is 15.6. The van der Waals surface area contributed by atoms with Crippen LogP contribution in [0.15, 0.2) is 0 Å². The number of nitrogens with two attached hydrogens (primary N) is 1. The standard InChI is InChI=1S/C15H29NO4.C10H21NO2/c1-15(2,3)20-14(19)16-12-10-8-6-4-5-7-9-11-13(17)18;11-9-7-5-3-1-2-4-6-8-10(12)13/h4-12H2,1-3H3,(H,16,19)(H,17,18);1-9,11H2,(H,12,13). The molecule has 0 saturated carbocycles. The molecule has 0 aromatic rings.